The van der Waals surface area contributed by atoms with Gasteiger partial charge in [0.25, 0.3) is 0 Å². The van der Waals surface area contributed by atoms with Gasteiger partial charge in [0.15, 0.2) is 0 Å². The van der Waals surface area contributed by atoms with Gasteiger partial charge in [-0.15, -0.1) is 0 Å². The Bertz CT molecular complexity index is 301. The summed E-state index contributed by atoms with van der Waals surface area (Å²) in [5.74, 6) is 0.786. The first-order valence-corrected chi connectivity index (χ1v) is 5.76. The van der Waals surface area contributed by atoms with Crippen LogP contribution >= 0.6 is 0 Å². The summed E-state index contributed by atoms with van der Waals surface area (Å²) in [6.45, 7) is 2.57. The number of methoxy groups -OCH3 is 1. The summed E-state index contributed by atoms with van der Waals surface area (Å²) in [6.07, 6.45) is 0.840. The monoisotopic (exact) mass is 240 g/mol. The second-order valence-corrected chi connectivity index (χ2v) is 3.61. The lowest BCUT2D eigenvalue weighted by Crippen LogP contribution is -2.06. The number of hydrogen-bond acceptors (Lipinski definition) is 4. The predicted octanol–water partition coefficient (Wildman–Crippen LogP) is 1.61. The lowest BCUT2D eigenvalue weighted by molar-refractivity contribution is 0.0644. The van der Waals surface area contributed by atoms with E-state index >= 15 is 0 Å². The van der Waals surface area contributed by atoms with Gasteiger partial charge in [0.1, 0.15) is 5.75 Å². The molecular formula is C13H20O4. The molecule has 0 atom stereocenters. The molecular weight excluding hydrogens is 220 g/mol. The summed E-state index contributed by atoms with van der Waals surface area (Å²) < 4.78 is 15.7. The molecule has 0 spiro atoms. The van der Waals surface area contributed by atoms with Crippen molar-refractivity contribution in [3.05, 3.63) is 29.8 Å². The second kappa shape index (κ2) is 8.98. The molecule has 0 saturated heterocycles. The Hall–Kier alpha value is -1.10. The molecule has 0 fully saturated rings. The van der Waals surface area contributed by atoms with Crippen molar-refractivity contribution in [1.29, 1.82) is 0 Å². The number of hydrogen-bond donors (Lipinski definition) is 1. The van der Waals surface area contributed by atoms with Crippen molar-refractivity contribution in [2.75, 3.05) is 33.5 Å². The number of aliphatic hydroxyl groups excluding tert-OH is 1. The van der Waals surface area contributed by atoms with Crippen molar-refractivity contribution >= 4 is 0 Å². The molecule has 1 N–H and O–H groups in total. The summed E-state index contributed by atoms with van der Waals surface area (Å²) in [7, 11) is 1.65. The standard InChI is InChI=1S/C13H20O4/c1-15-8-9-16-6-3-7-17-13-5-2-4-12(10-13)11-14/h2,4-5,10,14H,3,6-9,11H2,1H3. The van der Waals surface area contributed by atoms with Crippen molar-refractivity contribution < 1.29 is 19.3 Å². The van der Waals surface area contributed by atoms with Crippen LogP contribution < -0.4 is 4.74 Å². The highest BCUT2D eigenvalue weighted by Crippen LogP contribution is 2.13. The van der Waals surface area contributed by atoms with Gasteiger partial charge < -0.3 is 19.3 Å². The van der Waals surface area contributed by atoms with E-state index in [1.165, 1.54) is 0 Å². The lowest BCUT2D eigenvalue weighted by Gasteiger charge is -2.07. The molecule has 17 heavy (non-hydrogen) atoms. The van der Waals surface area contributed by atoms with Crippen molar-refractivity contribution in [1.82, 2.24) is 0 Å². The zero-order valence-corrected chi connectivity index (χ0v) is 10.2. The van der Waals surface area contributed by atoms with Gasteiger partial charge in [-0.1, -0.05) is 12.1 Å². The van der Waals surface area contributed by atoms with E-state index in [1.54, 1.807) is 7.11 Å². The van der Waals surface area contributed by atoms with E-state index in [2.05, 4.69) is 0 Å². The zero-order valence-electron chi connectivity index (χ0n) is 10.2. The van der Waals surface area contributed by atoms with E-state index < -0.39 is 0 Å². The van der Waals surface area contributed by atoms with Crippen LogP contribution in [0, 0.1) is 0 Å². The third-order valence-corrected chi connectivity index (χ3v) is 2.21. The number of ether oxygens (including phenoxy) is 3. The van der Waals surface area contributed by atoms with Gasteiger partial charge in [0.2, 0.25) is 0 Å². The van der Waals surface area contributed by atoms with Crippen LogP contribution in [0.1, 0.15) is 12.0 Å². The van der Waals surface area contributed by atoms with Crippen LogP contribution in [0.2, 0.25) is 0 Å². The van der Waals surface area contributed by atoms with Crippen LogP contribution in [-0.4, -0.2) is 38.6 Å². The molecule has 1 aromatic carbocycles. The Balaban J connectivity index is 2.09. The maximum Gasteiger partial charge on any atom is 0.119 e. The summed E-state index contributed by atoms with van der Waals surface area (Å²) in [6, 6.07) is 7.45. The quantitative estimate of drug-likeness (QED) is 0.666. The smallest absolute Gasteiger partial charge is 0.119 e. The van der Waals surface area contributed by atoms with Crippen LogP contribution in [0.5, 0.6) is 5.75 Å². The molecule has 0 unspecified atom stereocenters. The number of rotatable bonds is 9. The van der Waals surface area contributed by atoms with Gasteiger partial charge in [0, 0.05) is 20.1 Å². The first-order chi connectivity index (χ1) is 8.36. The van der Waals surface area contributed by atoms with Gasteiger partial charge >= 0.3 is 0 Å². The average Bonchev–Trinajstić information content (AvgIpc) is 2.38. The minimum Gasteiger partial charge on any atom is -0.493 e. The first-order valence-electron chi connectivity index (χ1n) is 5.76. The van der Waals surface area contributed by atoms with Gasteiger partial charge in [-0.05, 0) is 17.7 Å². The summed E-state index contributed by atoms with van der Waals surface area (Å²) in [5, 5.41) is 8.97. The molecule has 0 aromatic heterocycles. The van der Waals surface area contributed by atoms with Crippen molar-refractivity contribution in [2.45, 2.75) is 13.0 Å². The van der Waals surface area contributed by atoms with E-state index in [0.29, 0.717) is 26.4 Å². The highest BCUT2D eigenvalue weighted by atomic mass is 16.5. The van der Waals surface area contributed by atoms with Crippen LogP contribution in [0.4, 0.5) is 0 Å². The molecule has 0 heterocycles. The second-order valence-electron chi connectivity index (χ2n) is 3.61. The molecule has 0 radical (unpaired) electrons. The number of benzene rings is 1. The van der Waals surface area contributed by atoms with Crippen LogP contribution in [0.25, 0.3) is 0 Å². The summed E-state index contributed by atoms with van der Waals surface area (Å²) in [4.78, 5) is 0. The van der Waals surface area contributed by atoms with Gasteiger partial charge in [-0.25, -0.2) is 0 Å². The largest absolute Gasteiger partial charge is 0.493 e. The normalized spacial score (nSPS) is 10.5. The Morgan fingerprint density at radius 2 is 2.00 bits per heavy atom. The Kier molecular flexibility index (Phi) is 7.38. The highest BCUT2D eigenvalue weighted by molar-refractivity contribution is 5.27. The molecule has 1 aromatic rings. The minimum absolute atomic E-state index is 0.0390. The molecule has 0 aliphatic rings. The van der Waals surface area contributed by atoms with Crippen molar-refractivity contribution in [3.8, 4) is 5.75 Å². The maximum absolute atomic E-state index is 8.97. The van der Waals surface area contributed by atoms with Gasteiger partial charge in [-0.3, -0.25) is 0 Å². The van der Waals surface area contributed by atoms with Crippen molar-refractivity contribution in [3.63, 3.8) is 0 Å². The molecule has 0 aliphatic carbocycles. The van der Waals surface area contributed by atoms with Crippen LogP contribution in [0.3, 0.4) is 0 Å². The van der Waals surface area contributed by atoms with Crippen LogP contribution in [0.15, 0.2) is 24.3 Å². The minimum atomic E-state index is 0.0390. The molecule has 96 valence electrons. The SMILES string of the molecule is COCCOCCCOc1cccc(CO)c1. The fraction of sp³-hybridized carbons (Fsp3) is 0.538. The molecule has 0 saturated carbocycles. The Labute approximate surface area is 102 Å². The highest BCUT2D eigenvalue weighted by Gasteiger charge is 1.96. The third-order valence-electron chi connectivity index (χ3n) is 2.21. The fourth-order valence-corrected chi connectivity index (χ4v) is 1.33. The van der Waals surface area contributed by atoms with Crippen molar-refractivity contribution in [2.24, 2.45) is 0 Å². The fourth-order valence-electron chi connectivity index (χ4n) is 1.33. The van der Waals surface area contributed by atoms with E-state index in [0.717, 1.165) is 17.7 Å². The topological polar surface area (TPSA) is 47.9 Å². The van der Waals surface area contributed by atoms with Crippen LogP contribution in [-0.2, 0) is 16.1 Å². The summed E-state index contributed by atoms with van der Waals surface area (Å²) >= 11 is 0. The Morgan fingerprint density at radius 3 is 2.76 bits per heavy atom. The molecule has 4 heteroatoms. The molecule has 0 amide bonds. The van der Waals surface area contributed by atoms with E-state index in [1.807, 2.05) is 24.3 Å². The van der Waals surface area contributed by atoms with Gasteiger partial charge in [0.05, 0.1) is 26.4 Å². The zero-order chi connectivity index (χ0) is 12.3. The van der Waals surface area contributed by atoms with E-state index in [4.69, 9.17) is 19.3 Å². The molecule has 1 rings (SSSR count). The third kappa shape index (κ3) is 6.26. The number of aliphatic hydroxyl groups is 1. The average molecular weight is 240 g/mol. The Morgan fingerprint density at radius 1 is 1.12 bits per heavy atom. The molecule has 0 bridgehead atoms. The lowest BCUT2D eigenvalue weighted by atomic mass is 10.2. The predicted molar refractivity (Wildman–Crippen MR) is 65.2 cm³/mol. The molecule has 0 aliphatic heterocycles. The first kappa shape index (κ1) is 14.0. The van der Waals surface area contributed by atoms with Gasteiger partial charge in [-0.2, -0.15) is 0 Å². The van der Waals surface area contributed by atoms with E-state index in [9.17, 15) is 0 Å². The summed E-state index contributed by atoms with van der Waals surface area (Å²) in [5.41, 5.74) is 0.860. The molecule has 4 nitrogen and oxygen atoms in total. The maximum atomic E-state index is 8.97. The van der Waals surface area contributed by atoms with E-state index in [-0.39, 0.29) is 6.61 Å².